The Morgan fingerprint density at radius 2 is 2.37 bits per heavy atom. The molecular weight excluding hydrogens is 254 g/mol. The van der Waals surface area contributed by atoms with Crippen LogP contribution >= 0.6 is 11.3 Å². The lowest BCUT2D eigenvalue weighted by atomic mass is 9.85. The lowest BCUT2D eigenvalue weighted by molar-refractivity contribution is -0.0898. The van der Waals surface area contributed by atoms with Crippen LogP contribution in [0.25, 0.3) is 0 Å². The predicted molar refractivity (Wildman–Crippen MR) is 82.9 cm³/mol. The fourth-order valence-electron chi connectivity index (χ4n) is 2.91. The van der Waals surface area contributed by atoms with Crippen molar-refractivity contribution < 1.29 is 4.74 Å². The van der Waals surface area contributed by atoms with Crippen LogP contribution in [0.4, 0.5) is 0 Å². The predicted octanol–water partition coefficient (Wildman–Crippen LogP) is 4.01. The van der Waals surface area contributed by atoms with E-state index in [-0.39, 0.29) is 5.60 Å². The molecule has 1 N–H and O–H groups in total. The first-order valence-electron chi connectivity index (χ1n) is 7.64. The van der Waals surface area contributed by atoms with Crippen molar-refractivity contribution in [3.8, 4) is 0 Å². The van der Waals surface area contributed by atoms with Gasteiger partial charge in [0.15, 0.2) is 0 Å². The molecule has 3 heteroatoms. The van der Waals surface area contributed by atoms with Crippen molar-refractivity contribution in [2.75, 3.05) is 13.2 Å². The highest BCUT2D eigenvalue weighted by Crippen LogP contribution is 2.30. The Morgan fingerprint density at radius 3 is 3.00 bits per heavy atom. The van der Waals surface area contributed by atoms with Crippen LogP contribution in [-0.4, -0.2) is 24.8 Å². The Morgan fingerprint density at radius 1 is 1.47 bits per heavy atom. The summed E-state index contributed by atoms with van der Waals surface area (Å²) in [4.78, 5) is 1.49. The highest BCUT2D eigenvalue weighted by atomic mass is 32.1. The van der Waals surface area contributed by atoms with Crippen molar-refractivity contribution in [2.24, 2.45) is 0 Å². The maximum absolute atomic E-state index is 6.14. The molecule has 0 saturated carbocycles. The summed E-state index contributed by atoms with van der Waals surface area (Å²) in [5.74, 6) is 0. The van der Waals surface area contributed by atoms with Crippen LogP contribution in [-0.2, 0) is 11.2 Å². The Balaban J connectivity index is 1.93. The monoisotopic (exact) mass is 281 g/mol. The van der Waals surface area contributed by atoms with Gasteiger partial charge in [-0.1, -0.05) is 13.0 Å². The number of hydrogen-bond donors (Lipinski definition) is 1. The highest BCUT2D eigenvalue weighted by Gasteiger charge is 2.36. The molecule has 1 aliphatic heterocycles. The topological polar surface area (TPSA) is 21.3 Å². The van der Waals surface area contributed by atoms with E-state index in [9.17, 15) is 0 Å². The second-order valence-corrected chi connectivity index (χ2v) is 6.78. The van der Waals surface area contributed by atoms with Crippen molar-refractivity contribution in [2.45, 2.75) is 64.0 Å². The molecule has 0 bridgehead atoms. The summed E-state index contributed by atoms with van der Waals surface area (Å²) in [7, 11) is 0. The van der Waals surface area contributed by atoms with Gasteiger partial charge in [0.05, 0.1) is 5.60 Å². The van der Waals surface area contributed by atoms with Crippen molar-refractivity contribution in [1.29, 1.82) is 0 Å². The SMILES string of the molecule is CCCNC(CCc1cccs1)C1(C)CCCCO1. The molecule has 2 unspecified atom stereocenters. The van der Waals surface area contributed by atoms with Gasteiger partial charge in [-0.2, -0.15) is 0 Å². The van der Waals surface area contributed by atoms with Gasteiger partial charge in [-0.05, 0) is 63.4 Å². The van der Waals surface area contributed by atoms with Gasteiger partial charge in [-0.3, -0.25) is 0 Å². The minimum atomic E-state index is 0.0324. The standard InChI is InChI=1S/C16H27NOS/c1-3-11-17-15(9-8-14-7-6-13-19-14)16(2)10-4-5-12-18-16/h6-7,13,15,17H,3-5,8-12H2,1-2H3. The quantitative estimate of drug-likeness (QED) is 0.815. The fourth-order valence-corrected chi connectivity index (χ4v) is 3.64. The van der Waals surface area contributed by atoms with Gasteiger partial charge in [0.1, 0.15) is 0 Å². The van der Waals surface area contributed by atoms with E-state index in [4.69, 9.17) is 4.74 Å². The molecule has 2 nitrogen and oxygen atoms in total. The van der Waals surface area contributed by atoms with Crippen LogP contribution in [0.2, 0.25) is 0 Å². The zero-order chi connectivity index (χ0) is 13.6. The number of nitrogens with one attached hydrogen (secondary N) is 1. The Bertz CT molecular complexity index is 344. The normalized spacial score (nSPS) is 25.4. The van der Waals surface area contributed by atoms with Gasteiger partial charge < -0.3 is 10.1 Å². The molecule has 2 atom stereocenters. The van der Waals surface area contributed by atoms with Crippen LogP contribution < -0.4 is 5.32 Å². The molecule has 1 aromatic heterocycles. The summed E-state index contributed by atoms with van der Waals surface area (Å²) < 4.78 is 6.14. The molecule has 1 fully saturated rings. The zero-order valence-electron chi connectivity index (χ0n) is 12.3. The van der Waals surface area contributed by atoms with Gasteiger partial charge in [0, 0.05) is 17.5 Å². The number of hydrogen-bond acceptors (Lipinski definition) is 3. The van der Waals surface area contributed by atoms with E-state index in [0.29, 0.717) is 6.04 Å². The molecule has 0 aliphatic carbocycles. The number of ether oxygens (including phenoxy) is 1. The Kier molecular flexibility index (Phi) is 5.86. The summed E-state index contributed by atoms with van der Waals surface area (Å²) in [5.41, 5.74) is 0.0324. The minimum Gasteiger partial charge on any atom is -0.374 e. The van der Waals surface area contributed by atoms with Gasteiger partial charge in [-0.25, -0.2) is 0 Å². The van der Waals surface area contributed by atoms with E-state index in [0.717, 1.165) is 19.6 Å². The molecule has 0 amide bonds. The molecule has 19 heavy (non-hydrogen) atoms. The van der Waals surface area contributed by atoms with Crippen molar-refractivity contribution in [3.05, 3.63) is 22.4 Å². The first-order chi connectivity index (χ1) is 9.24. The van der Waals surface area contributed by atoms with E-state index in [1.807, 2.05) is 11.3 Å². The number of rotatable bonds is 7. The van der Waals surface area contributed by atoms with Gasteiger partial charge in [0.25, 0.3) is 0 Å². The second-order valence-electron chi connectivity index (χ2n) is 5.74. The maximum Gasteiger partial charge on any atom is 0.0806 e. The average Bonchev–Trinajstić information content (AvgIpc) is 2.92. The first-order valence-corrected chi connectivity index (χ1v) is 8.52. The molecule has 108 valence electrons. The minimum absolute atomic E-state index is 0.0324. The lowest BCUT2D eigenvalue weighted by Gasteiger charge is -2.41. The Labute approximate surface area is 121 Å². The van der Waals surface area contributed by atoms with Crippen molar-refractivity contribution in [1.82, 2.24) is 5.32 Å². The molecule has 1 aromatic rings. The van der Waals surface area contributed by atoms with E-state index in [1.165, 1.54) is 37.0 Å². The van der Waals surface area contributed by atoms with Gasteiger partial charge in [0.2, 0.25) is 0 Å². The molecule has 0 radical (unpaired) electrons. The van der Waals surface area contributed by atoms with Crippen LogP contribution in [0.15, 0.2) is 17.5 Å². The summed E-state index contributed by atoms with van der Waals surface area (Å²) >= 11 is 1.87. The molecule has 0 aromatic carbocycles. The van der Waals surface area contributed by atoms with E-state index < -0.39 is 0 Å². The third-order valence-corrected chi connectivity index (χ3v) is 5.07. The smallest absolute Gasteiger partial charge is 0.0806 e. The third-order valence-electron chi connectivity index (χ3n) is 4.14. The maximum atomic E-state index is 6.14. The number of thiophene rings is 1. The first kappa shape index (κ1) is 15.0. The molecule has 0 spiro atoms. The molecular formula is C16H27NOS. The van der Waals surface area contributed by atoms with E-state index >= 15 is 0 Å². The zero-order valence-corrected chi connectivity index (χ0v) is 13.1. The summed E-state index contributed by atoms with van der Waals surface area (Å²) in [6.07, 6.45) is 7.25. The molecule has 2 heterocycles. The van der Waals surface area contributed by atoms with Gasteiger partial charge >= 0.3 is 0 Å². The van der Waals surface area contributed by atoms with Crippen LogP contribution in [0, 0.1) is 0 Å². The summed E-state index contributed by atoms with van der Waals surface area (Å²) in [5, 5.41) is 5.89. The average molecular weight is 281 g/mol. The van der Waals surface area contributed by atoms with Crippen molar-refractivity contribution in [3.63, 3.8) is 0 Å². The largest absolute Gasteiger partial charge is 0.374 e. The second kappa shape index (κ2) is 7.41. The van der Waals surface area contributed by atoms with Crippen LogP contribution in [0.5, 0.6) is 0 Å². The summed E-state index contributed by atoms with van der Waals surface area (Å²) in [6, 6.07) is 4.87. The number of aryl methyl sites for hydroxylation is 1. The lowest BCUT2D eigenvalue weighted by Crippen LogP contribution is -2.52. The third kappa shape index (κ3) is 4.30. The van der Waals surface area contributed by atoms with Crippen LogP contribution in [0.3, 0.4) is 0 Å². The summed E-state index contributed by atoms with van der Waals surface area (Å²) in [6.45, 7) is 6.55. The Hall–Kier alpha value is -0.380. The van der Waals surface area contributed by atoms with Crippen LogP contribution in [0.1, 0.15) is 50.8 Å². The van der Waals surface area contributed by atoms with E-state index in [1.54, 1.807) is 0 Å². The van der Waals surface area contributed by atoms with E-state index in [2.05, 4.69) is 36.7 Å². The molecule has 2 rings (SSSR count). The van der Waals surface area contributed by atoms with Crippen molar-refractivity contribution >= 4 is 11.3 Å². The highest BCUT2D eigenvalue weighted by molar-refractivity contribution is 7.09. The molecule has 1 saturated heterocycles. The molecule has 1 aliphatic rings. The fraction of sp³-hybridized carbons (Fsp3) is 0.750. The van der Waals surface area contributed by atoms with Gasteiger partial charge in [-0.15, -0.1) is 11.3 Å².